The smallest absolute Gasteiger partial charge is 0.289 e. The van der Waals surface area contributed by atoms with Gasteiger partial charge in [-0.05, 0) is 18.2 Å². The third-order valence-corrected chi connectivity index (χ3v) is 5.57. The van der Waals surface area contributed by atoms with Crippen LogP contribution in [0.2, 0.25) is 4.34 Å². The minimum atomic E-state index is -0.310. The molecule has 1 aromatic carbocycles. The maximum absolute atomic E-state index is 12.3. The lowest BCUT2D eigenvalue weighted by atomic mass is 10.3. The van der Waals surface area contributed by atoms with Crippen LogP contribution < -0.4 is 14.3 Å². The summed E-state index contributed by atoms with van der Waals surface area (Å²) in [6.45, 7) is 0. The number of carbonyl (C=O) groups is 1. The van der Waals surface area contributed by atoms with E-state index in [9.17, 15) is 4.79 Å². The van der Waals surface area contributed by atoms with Crippen LogP contribution in [-0.4, -0.2) is 24.7 Å². The SMILES string of the molecule is COc1cc(OC)c2c(c1)sc(=NC(=O)c1ccc(Cl)s1)n2C. The first kappa shape index (κ1) is 16.0. The van der Waals surface area contributed by atoms with Gasteiger partial charge in [-0.3, -0.25) is 4.79 Å². The zero-order chi connectivity index (χ0) is 16.6. The quantitative estimate of drug-likeness (QED) is 0.708. The van der Waals surface area contributed by atoms with Crippen molar-refractivity contribution in [1.29, 1.82) is 0 Å². The lowest BCUT2D eigenvalue weighted by Crippen LogP contribution is -2.13. The highest BCUT2D eigenvalue weighted by Crippen LogP contribution is 2.32. The number of thiophene rings is 1. The summed E-state index contributed by atoms with van der Waals surface area (Å²) in [6.07, 6.45) is 0. The van der Waals surface area contributed by atoms with Crippen molar-refractivity contribution in [2.24, 2.45) is 12.0 Å². The van der Waals surface area contributed by atoms with Gasteiger partial charge >= 0.3 is 0 Å². The summed E-state index contributed by atoms with van der Waals surface area (Å²) in [4.78, 5) is 17.6. The molecule has 0 aliphatic rings. The average molecular weight is 369 g/mol. The van der Waals surface area contributed by atoms with Gasteiger partial charge in [-0.2, -0.15) is 4.99 Å². The molecule has 0 atom stereocenters. The van der Waals surface area contributed by atoms with Crippen molar-refractivity contribution in [2.45, 2.75) is 0 Å². The van der Waals surface area contributed by atoms with Crippen LogP contribution in [0.3, 0.4) is 0 Å². The average Bonchev–Trinajstić information content (AvgIpc) is 3.11. The van der Waals surface area contributed by atoms with Crippen molar-refractivity contribution >= 4 is 50.4 Å². The number of nitrogens with zero attached hydrogens (tertiary/aromatic N) is 2. The van der Waals surface area contributed by atoms with E-state index in [1.54, 1.807) is 32.4 Å². The molecule has 0 saturated heterocycles. The molecule has 3 aromatic rings. The van der Waals surface area contributed by atoms with Gasteiger partial charge < -0.3 is 14.0 Å². The fourth-order valence-electron chi connectivity index (χ4n) is 2.17. The highest BCUT2D eigenvalue weighted by atomic mass is 35.5. The molecule has 0 aliphatic carbocycles. The number of aryl methyl sites for hydroxylation is 1. The molecule has 5 nitrogen and oxygen atoms in total. The third kappa shape index (κ3) is 2.99. The van der Waals surface area contributed by atoms with Crippen molar-refractivity contribution in [1.82, 2.24) is 4.57 Å². The van der Waals surface area contributed by atoms with Gasteiger partial charge in [0.15, 0.2) is 4.80 Å². The topological polar surface area (TPSA) is 52.8 Å². The van der Waals surface area contributed by atoms with Crippen molar-refractivity contribution in [2.75, 3.05) is 14.2 Å². The number of halogens is 1. The van der Waals surface area contributed by atoms with Gasteiger partial charge in [0.1, 0.15) is 17.0 Å². The largest absolute Gasteiger partial charge is 0.497 e. The van der Waals surface area contributed by atoms with E-state index < -0.39 is 0 Å². The van der Waals surface area contributed by atoms with Gasteiger partial charge in [0.05, 0.1) is 28.1 Å². The van der Waals surface area contributed by atoms with Crippen molar-refractivity contribution in [3.63, 3.8) is 0 Å². The van der Waals surface area contributed by atoms with E-state index in [1.165, 1.54) is 22.7 Å². The Bertz CT molecular complexity index is 955. The van der Waals surface area contributed by atoms with Crippen molar-refractivity contribution in [3.05, 3.63) is 38.3 Å². The lowest BCUT2D eigenvalue weighted by molar-refractivity contribution is 0.100. The Labute approximate surface area is 145 Å². The van der Waals surface area contributed by atoms with E-state index >= 15 is 0 Å². The van der Waals surface area contributed by atoms with E-state index in [1.807, 2.05) is 17.7 Å². The summed E-state index contributed by atoms with van der Waals surface area (Å²) in [5.41, 5.74) is 0.870. The first-order valence-electron chi connectivity index (χ1n) is 6.59. The highest BCUT2D eigenvalue weighted by molar-refractivity contribution is 7.18. The maximum atomic E-state index is 12.3. The summed E-state index contributed by atoms with van der Waals surface area (Å²) >= 11 is 8.48. The monoisotopic (exact) mass is 368 g/mol. The molecule has 23 heavy (non-hydrogen) atoms. The first-order chi connectivity index (χ1) is 11.0. The molecular weight excluding hydrogens is 356 g/mol. The predicted octanol–water partition coefficient (Wildman–Crippen LogP) is 3.71. The summed E-state index contributed by atoms with van der Waals surface area (Å²) in [5.74, 6) is 1.06. The zero-order valence-electron chi connectivity index (χ0n) is 12.6. The first-order valence-corrected chi connectivity index (χ1v) is 8.60. The van der Waals surface area contributed by atoms with Crippen LogP contribution in [0.15, 0.2) is 29.3 Å². The second kappa shape index (κ2) is 6.35. The molecule has 0 spiro atoms. The molecule has 0 saturated carbocycles. The Morgan fingerprint density at radius 2 is 2.00 bits per heavy atom. The van der Waals surface area contributed by atoms with E-state index in [-0.39, 0.29) is 5.91 Å². The molecule has 0 N–H and O–H groups in total. The molecule has 120 valence electrons. The summed E-state index contributed by atoms with van der Waals surface area (Å²) in [5, 5.41) is 0. The van der Waals surface area contributed by atoms with E-state index in [2.05, 4.69) is 4.99 Å². The van der Waals surface area contributed by atoms with Gasteiger partial charge in [-0.1, -0.05) is 22.9 Å². The number of carbonyl (C=O) groups excluding carboxylic acids is 1. The minimum absolute atomic E-state index is 0.310. The van der Waals surface area contributed by atoms with E-state index in [0.29, 0.717) is 25.5 Å². The molecule has 0 bridgehead atoms. The number of ether oxygens (including phenoxy) is 2. The molecule has 2 heterocycles. The zero-order valence-corrected chi connectivity index (χ0v) is 15.0. The van der Waals surface area contributed by atoms with Crippen LogP contribution in [0.1, 0.15) is 9.67 Å². The van der Waals surface area contributed by atoms with Gasteiger partial charge in [-0.25, -0.2) is 0 Å². The van der Waals surface area contributed by atoms with Crippen molar-refractivity contribution in [3.8, 4) is 11.5 Å². The Morgan fingerprint density at radius 1 is 1.22 bits per heavy atom. The fraction of sp³-hybridized carbons (Fsp3) is 0.200. The number of amides is 1. The molecular formula is C15H13ClN2O3S2. The van der Waals surface area contributed by atoms with Gasteiger partial charge in [0, 0.05) is 13.1 Å². The Balaban J connectivity index is 2.17. The van der Waals surface area contributed by atoms with E-state index in [4.69, 9.17) is 21.1 Å². The van der Waals surface area contributed by atoms with Gasteiger partial charge in [-0.15, -0.1) is 11.3 Å². The number of fused-ring (bicyclic) bond motifs is 1. The van der Waals surface area contributed by atoms with Crippen LogP contribution in [-0.2, 0) is 7.05 Å². The number of methoxy groups -OCH3 is 2. The van der Waals surface area contributed by atoms with Gasteiger partial charge in [0.25, 0.3) is 5.91 Å². The highest BCUT2D eigenvalue weighted by Gasteiger charge is 2.13. The normalized spacial score (nSPS) is 11.9. The molecule has 3 rings (SSSR count). The number of aromatic nitrogens is 1. The number of benzene rings is 1. The van der Waals surface area contributed by atoms with Crippen LogP contribution in [0.4, 0.5) is 0 Å². The summed E-state index contributed by atoms with van der Waals surface area (Å²) in [7, 11) is 5.05. The van der Waals surface area contributed by atoms with Crippen LogP contribution in [0, 0.1) is 0 Å². The second-order valence-corrected chi connectivity index (χ2v) is 7.36. The Hall–Kier alpha value is -1.83. The molecule has 0 radical (unpaired) electrons. The fourth-order valence-corrected chi connectivity index (χ4v) is 4.16. The predicted molar refractivity (Wildman–Crippen MR) is 93.1 cm³/mol. The number of rotatable bonds is 3. The summed E-state index contributed by atoms with van der Waals surface area (Å²) < 4.78 is 14.0. The Kier molecular flexibility index (Phi) is 4.43. The van der Waals surface area contributed by atoms with Crippen LogP contribution in [0.25, 0.3) is 10.2 Å². The minimum Gasteiger partial charge on any atom is -0.497 e. The van der Waals surface area contributed by atoms with E-state index in [0.717, 1.165) is 10.2 Å². The number of hydrogen-bond acceptors (Lipinski definition) is 5. The molecule has 1 amide bonds. The molecule has 0 fully saturated rings. The van der Waals surface area contributed by atoms with Gasteiger partial charge in [0.2, 0.25) is 0 Å². The second-order valence-electron chi connectivity index (χ2n) is 4.64. The lowest BCUT2D eigenvalue weighted by Gasteiger charge is -2.06. The number of hydrogen-bond donors (Lipinski definition) is 0. The third-order valence-electron chi connectivity index (χ3n) is 3.27. The standard InChI is InChI=1S/C15H13ClN2O3S2/c1-18-13-9(21-3)6-8(20-2)7-11(13)23-15(18)17-14(19)10-4-5-12(16)22-10/h4-7H,1-3H3. The van der Waals surface area contributed by atoms with Crippen LogP contribution in [0.5, 0.6) is 11.5 Å². The molecule has 8 heteroatoms. The van der Waals surface area contributed by atoms with Crippen LogP contribution >= 0.6 is 34.3 Å². The maximum Gasteiger partial charge on any atom is 0.289 e. The summed E-state index contributed by atoms with van der Waals surface area (Å²) in [6, 6.07) is 7.07. The molecule has 0 unspecified atom stereocenters. The Morgan fingerprint density at radius 3 is 2.61 bits per heavy atom. The number of thiazole rings is 1. The van der Waals surface area contributed by atoms with Crippen molar-refractivity contribution < 1.29 is 14.3 Å². The molecule has 0 aliphatic heterocycles. The molecule has 2 aromatic heterocycles.